The van der Waals surface area contributed by atoms with Crippen molar-refractivity contribution >= 4 is 5.97 Å². The number of carbonyl (C=O) groups is 1. The van der Waals surface area contributed by atoms with Gasteiger partial charge < -0.3 is 10.8 Å². The molecule has 0 saturated heterocycles. The molecular weight excluding hydrogens is 196 g/mol. The Bertz CT molecular complexity index is 348. The fourth-order valence-electron chi connectivity index (χ4n) is 1.25. The molecule has 1 heterocycles. The predicted octanol–water partition coefficient (Wildman–Crippen LogP) is -0.185. The van der Waals surface area contributed by atoms with Crippen LogP contribution in [0, 0.1) is 0 Å². The summed E-state index contributed by atoms with van der Waals surface area (Å²) in [5, 5.41) is 12.9. The summed E-state index contributed by atoms with van der Waals surface area (Å²) in [6.45, 7) is 4.08. The van der Waals surface area contributed by atoms with Crippen LogP contribution in [0.2, 0.25) is 0 Å². The molecule has 0 spiro atoms. The van der Waals surface area contributed by atoms with Crippen LogP contribution in [0.25, 0.3) is 0 Å². The first-order chi connectivity index (χ1) is 7.08. The number of carboxylic acids is 1. The van der Waals surface area contributed by atoms with Gasteiger partial charge in [0.1, 0.15) is 11.9 Å². The van der Waals surface area contributed by atoms with E-state index in [0.29, 0.717) is 0 Å². The number of carboxylic acid groups (broad SMARTS) is 1. The van der Waals surface area contributed by atoms with Gasteiger partial charge in [-0.25, -0.2) is 9.67 Å². The molecular formula is C9H16N4O2. The maximum absolute atomic E-state index is 10.6. The van der Waals surface area contributed by atoms with Crippen LogP contribution < -0.4 is 5.73 Å². The highest BCUT2D eigenvalue weighted by atomic mass is 16.4. The van der Waals surface area contributed by atoms with E-state index in [2.05, 4.69) is 10.1 Å². The molecule has 84 valence electrons. The van der Waals surface area contributed by atoms with E-state index in [1.807, 2.05) is 13.8 Å². The Morgan fingerprint density at radius 1 is 1.53 bits per heavy atom. The molecule has 1 rings (SSSR count). The molecule has 0 fully saturated rings. The molecule has 0 aliphatic rings. The van der Waals surface area contributed by atoms with Gasteiger partial charge in [-0.05, 0) is 0 Å². The van der Waals surface area contributed by atoms with Crippen molar-refractivity contribution < 1.29 is 9.90 Å². The van der Waals surface area contributed by atoms with Crippen molar-refractivity contribution in [1.82, 2.24) is 14.8 Å². The molecule has 1 atom stereocenters. The first-order valence-corrected chi connectivity index (χ1v) is 4.99. The lowest BCUT2D eigenvalue weighted by Crippen LogP contribution is -2.35. The number of aliphatic carboxylic acids is 1. The van der Waals surface area contributed by atoms with Crippen molar-refractivity contribution in [3.8, 4) is 0 Å². The highest BCUT2D eigenvalue weighted by Gasteiger charge is 2.15. The van der Waals surface area contributed by atoms with Gasteiger partial charge in [0, 0.05) is 12.8 Å². The van der Waals surface area contributed by atoms with Crippen LogP contribution >= 0.6 is 0 Å². The molecule has 3 N–H and O–H groups in total. The highest BCUT2D eigenvalue weighted by Crippen LogP contribution is 2.01. The van der Waals surface area contributed by atoms with Gasteiger partial charge in [-0.2, -0.15) is 5.10 Å². The summed E-state index contributed by atoms with van der Waals surface area (Å²) >= 11 is 0. The first-order valence-electron chi connectivity index (χ1n) is 4.99. The average Bonchev–Trinajstić information content (AvgIpc) is 2.60. The van der Waals surface area contributed by atoms with Crippen LogP contribution in [0.1, 0.15) is 25.5 Å². The second kappa shape index (κ2) is 4.88. The van der Waals surface area contributed by atoms with Gasteiger partial charge in [-0.1, -0.05) is 13.8 Å². The van der Waals surface area contributed by atoms with Crippen molar-refractivity contribution in [1.29, 1.82) is 0 Å². The van der Waals surface area contributed by atoms with Gasteiger partial charge >= 0.3 is 5.97 Å². The lowest BCUT2D eigenvalue weighted by Gasteiger charge is -2.07. The predicted molar refractivity (Wildman–Crippen MR) is 54.4 cm³/mol. The molecule has 0 aliphatic carbocycles. The lowest BCUT2D eigenvalue weighted by atomic mass is 10.3. The zero-order valence-electron chi connectivity index (χ0n) is 8.97. The monoisotopic (exact) mass is 212 g/mol. The second-order valence-electron chi connectivity index (χ2n) is 3.28. The van der Waals surface area contributed by atoms with E-state index in [-0.39, 0.29) is 6.54 Å². The molecule has 1 unspecified atom stereocenters. The van der Waals surface area contributed by atoms with Crippen LogP contribution in [0.3, 0.4) is 0 Å². The third kappa shape index (κ3) is 2.76. The van der Waals surface area contributed by atoms with E-state index in [9.17, 15) is 4.79 Å². The number of nitrogens with two attached hydrogens (primary N) is 1. The summed E-state index contributed by atoms with van der Waals surface area (Å²) in [4.78, 5) is 14.9. The molecule has 0 aromatic carbocycles. The topological polar surface area (TPSA) is 94.0 Å². The van der Waals surface area contributed by atoms with Crippen molar-refractivity contribution in [3.63, 3.8) is 0 Å². The van der Waals surface area contributed by atoms with Gasteiger partial charge in [-0.3, -0.25) is 4.79 Å². The van der Waals surface area contributed by atoms with Crippen LogP contribution in [-0.2, 0) is 24.2 Å². The summed E-state index contributed by atoms with van der Waals surface area (Å²) in [7, 11) is 0. The zero-order valence-corrected chi connectivity index (χ0v) is 8.97. The number of rotatable bonds is 5. The Kier molecular flexibility index (Phi) is 3.79. The van der Waals surface area contributed by atoms with Crippen molar-refractivity contribution in [3.05, 3.63) is 11.6 Å². The third-order valence-electron chi connectivity index (χ3n) is 2.11. The van der Waals surface area contributed by atoms with Crippen LogP contribution in [-0.4, -0.2) is 31.9 Å². The molecule has 0 bridgehead atoms. The fourth-order valence-corrected chi connectivity index (χ4v) is 1.25. The van der Waals surface area contributed by atoms with E-state index in [1.54, 1.807) is 4.68 Å². The molecule has 1 aromatic rings. The largest absolute Gasteiger partial charge is 0.480 e. The highest BCUT2D eigenvalue weighted by molar-refractivity contribution is 5.72. The van der Waals surface area contributed by atoms with Crippen LogP contribution in [0.15, 0.2) is 0 Å². The van der Waals surface area contributed by atoms with E-state index < -0.39 is 12.0 Å². The molecule has 15 heavy (non-hydrogen) atoms. The minimum Gasteiger partial charge on any atom is -0.480 e. The van der Waals surface area contributed by atoms with Gasteiger partial charge in [0.2, 0.25) is 0 Å². The Morgan fingerprint density at radius 2 is 2.20 bits per heavy atom. The molecule has 0 amide bonds. The maximum Gasteiger partial charge on any atom is 0.322 e. The number of aryl methyl sites for hydroxylation is 2. The summed E-state index contributed by atoms with van der Waals surface area (Å²) in [5.74, 6) is 0.485. The van der Waals surface area contributed by atoms with E-state index >= 15 is 0 Å². The fraction of sp³-hybridized carbons (Fsp3) is 0.667. The molecule has 6 heteroatoms. The van der Waals surface area contributed by atoms with E-state index in [1.165, 1.54) is 0 Å². The maximum atomic E-state index is 10.6. The molecule has 0 aliphatic heterocycles. The summed E-state index contributed by atoms with van der Waals surface area (Å²) in [5.41, 5.74) is 5.43. The van der Waals surface area contributed by atoms with Gasteiger partial charge in [0.15, 0.2) is 5.82 Å². The minimum absolute atomic E-state index is 0.172. The normalized spacial score (nSPS) is 12.7. The Morgan fingerprint density at radius 3 is 2.67 bits per heavy atom. The van der Waals surface area contributed by atoms with E-state index in [4.69, 9.17) is 10.8 Å². The van der Waals surface area contributed by atoms with E-state index in [0.717, 1.165) is 24.5 Å². The van der Waals surface area contributed by atoms with Gasteiger partial charge in [0.05, 0.1) is 6.54 Å². The standard InChI is InChI=1S/C9H16N4O2/c1-3-7-11-8(4-2)13(12-7)5-6(10)9(14)15/h6H,3-5,10H2,1-2H3,(H,14,15). The SMILES string of the molecule is CCc1nc(CC)n(CC(N)C(=O)O)n1. The van der Waals surface area contributed by atoms with Crippen molar-refractivity contribution in [2.75, 3.05) is 0 Å². The summed E-state index contributed by atoms with van der Waals surface area (Å²) in [6, 6.07) is -0.929. The second-order valence-corrected chi connectivity index (χ2v) is 3.28. The summed E-state index contributed by atoms with van der Waals surface area (Å²) < 4.78 is 1.58. The number of nitrogens with zero attached hydrogens (tertiary/aromatic N) is 3. The lowest BCUT2D eigenvalue weighted by molar-refractivity contribution is -0.138. The van der Waals surface area contributed by atoms with Crippen LogP contribution in [0.4, 0.5) is 0 Å². The van der Waals surface area contributed by atoms with Gasteiger partial charge in [-0.15, -0.1) is 0 Å². The number of hydrogen-bond acceptors (Lipinski definition) is 4. The van der Waals surface area contributed by atoms with Crippen LogP contribution in [0.5, 0.6) is 0 Å². The minimum atomic E-state index is -1.02. The summed E-state index contributed by atoms with van der Waals surface area (Å²) in [6.07, 6.45) is 1.46. The van der Waals surface area contributed by atoms with Crippen molar-refractivity contribution in [2.24, 2.45) is 5.73 Å². The number of hydrogen-bond donors (Lipinski definition) is 2. The molecule has 6 nitrogen and oxygen atoms in total. The Labute approximate surface area is 88.1 Å². The Balaban J connectivity index is 2.83. The Hall–Kier alpha value is -1.43. The first kappa shape index (κ1) is 11.6. The quantitative estimate of drug-likeness (QED) is 0.705. The molecule has 0 saturated carbocycles. The molecule has 1 aromatic heterocycles. The number of aromatic nitrogens is 3. The average molecular weight is 212 g/mol. The zero-order chi connectivity index (χ0) is 11.4. The van der Waals surface area contributed by atoms with Crippen molar-refractivity contribution in [2.45, 2.75) is 39.3 Å². The third-order valence-corrected chi connectivity index (χ3v) is 2.11. The smallest absolute Gasteiger partial charge is 0.322 e. The molecule has 0 radical (unpaired) electrons. The van der Waals surface area contributed by atoms with Gasteiger partial charge in [0.25, 0.3) is 0 Å².